The van der Waals surface area contributed by atoms with E-state index in [0.717, 1.165) is 4.90 Å². The lowest BCUT2D eigenvalue weighted by molar-refractivity contribution is -0.193. The molecule has 1 aliphatic rings. The van der Waals surface area contributed by atoms with E-state index in [2.05, 4.69) is 4.74 Å². The third-order valence-corrected chi connectivity index (χ3v) is 2.75. The first-order chi connectivity index (χ1) is 8.93. The smallest absolute Gasteiger partial charge is 0.410 e. The van der Waals surface area contributed by atoms with Gasteiger partial charge in [-0.2, -0.15) is 8.78 Å². The SMILES string of the molecule is CCOC(=O)C(F)(F)C1(N)CN(C(=O)OC(C)(C)C)C1. The van der Waals surface area contributed by atoms with Gasteiger partial charge in [-0.3, -0.25) is 0 Å². The summed E-state index contributed by atoms with van der Waals surface area (Å²) in [6.07, 6.45) is -0.738. The van der Waals surface area contributed by atoms with Crippen molar-refractivity contribution in [3.63, 3.8) is 0 Å². The van der Waals surface area contributed by atoms with Crippen molar-refractivity contribution in [3.05, 3.63) is 0 Å². The van der Waals surface area contributed by atoms with Gasteiger partial charge in [0.1, 0.15) is 11.1 Å². The van der Waals surface area contributed by atoms with Crippen LogP contribution in [0, 0.1) is 0 Å². The highest BCUT2D eigenvalue weighted by atomic mass is 19.3. The number of ether oxygens (including phenoxy) is 2. The third-order valence-electron chi connectivity index (χ3n) is 2.75. The minimum absolute atomic E-state index is 0.166. The zero-order chi connectivity index (χ0) is 15.8. The molecule has 0 spiro atoms. The normalized spacial score (nSPS) is 18.2. The van der Waals surface area contributed by atoms with Gasteiger partial charge in [-0.1, -0.05) is 0 Å². The number of alkyl halides is 2. The Morgan fingerprint density at radius 1 is 1.30 bits per heavy atom. The number of esters is 1. The highest BCUT2D eigenvalue weighted by Gasteiger charge is 2.65. The molecule has 1 heterocycles. The molecule has 0 radical (unpaired) electrons. The van der Waals surface area contributed by atoms with Gasteiger partial charge in [0.05, 0.1) is 19.7 Å². The number of nitrogens with two attached hydrogens (primary N) is 1. The van der Waals surface area contributed by atoms with E-state index in [1.54, 1.807) is 20.8 Å². The largest absolute Gasteiger partial charge is 0.462 e. The summed E-state index contributed by atoms with van der Waals surface area (Å²) in [6, 6.07) is 0. The minimum atomic E-state index is -3.85. The van der Waals surface area contributed by atoms with Crippen LogP contribution in [-0.2, 0) is 14.3 Å². The van der Waals surface area contributed by atoms with Crippen LogP contribution in [0.3, 0.4) is 0 Å². The van der Waals surface area contributed by atoms with Gasteiger partial charge in [-0.25, -0.2) is 9.59 Å². The topological polar surface area (TPSA) is 81.9 Å². The highest BCUT2D eigenvalue weighted by molar-refractivity contribution is 5.81. The molecule has 1 amide bonds. The van der Waals surface area contributed by atoms with E-state index in [-0.39, 0.29) is 6.61 Å². The molecule has 0 saturated carbocycles. The molecule has 6 nitrogen and oxygen atoms in total. The van der Waals surface area contributed by atoms with Gasteiger partial charge in [0.25, 0.3) is 0 Å². The maximum atomic E-state index is 13.8. The molecule has 2 N–H and O–H groups in total. The van der Waals surface area contributed by atoms with Crippen molar-refractivity contribution in [1.82, 2.24) is 4.90 Å². The van der Waals surface area contributed by atoms with Crippen LogP contribution in [0.5, 0.6) is 0 Å². The first-order valence-corrected chi connectivity index (χ1v) is 6.25. The summed E-state index contributed by atoms with van der Waals surface area (Å²) in [4.78, 5) is 23.9. The Hall–Kier alpha value is -1.44. The van der Waals surface area contributed by atoms with Crippen LogP contribution in [0.1, 0.15) is 27.7 Å². The van der Waals surface area contributed by atoms with E-state index < -0.39 is 42.2 Å². The first kappa shape index (κ1) is 16.6. The number of hydrogen-bond donors (Lipinski definition) is 1. The molecule has 0 bridgehead atoms. The number of carbonyl (C=O) groups excluding carboxylic acids is 2. The minimum Gasteiger partial charge on any atom is -0.462 e. The van der Waals surface area contributed by atoms with Crippen molar-refractivity contribution in [3.8, 4) is 0 Å². The number of nitrogens with zero attached hydrogens (tertiary/aromatic N) is 1. The number of likely N-dealkylation sites (tertiary alicyclic amines) is 1. The standard InChI is InChI=1S/C12H20F2N2O4/c1-5-19-8(17)12(13,14)11(15)6-16(7-11)9(18)20-10(2,3)4/h5-7,15H2,1-4H3. The number of rotatable bonds is 3. The summed E-state index contributed by atoms with van der Waals surface area (Å²) in [7, 11) is 0. The van der Waals surface area contributed by atoms with Crippen LogP contribution in [0.2, 0.25) is 0 Å². The number of hydrogen-bond acceptors (Lipinski definition) is 5. The van der Waals surface area contributed by atoms with Gasteiger partial charge in [0.2, 0.25) is 0 Å². The molecule has 0 aromatic rings. The van der Waals surface area contributed by atoms with E-state index in [9.17, 15) is 18.4 Å². The summed E-state index contributed by atoms with van der Waals surface area (Å²) in [6.45, 7) is 5.31. The fourth-order valence-corrected chi connectivity index (χ4v) is 1.71. The molecule has 8 heteroatoms. The van der Waals surface area contributed by atoms with Crippen LogP contribution in [0.4, 0.5) is 13.6 Å². The van der Waals surface area contributed by atoms with E-state index in [1.165, 1.54) is 6.92 Å². The first-order valence-electron chi connectivity index (χ1n) is 6.25. The van der Waals surface area contributed by atoms with E-state index >= 15 is 0 Å². The Labute approximate surface area is 116 Å². The average Bonchev–Trinajstić information content (AvgIpc) is 2.22. The molecule has 116 valence electrons. The summed E-state index contributed by atoms with van der Waals surface area (Å²) in [5.41, 5.74) is 2.66. The van der Waals surface area contributed by atoms with Gasteiger partial charge in [-0.05, 0) is 27.7 Å². The molecule has 0 aromatic carbocycles. The fourth-order valence-electron chi connectivity index (χ4n) is 1.71. The maximum Gasteiger partial charge on any atom is 0.410 e. The quantitative estimate of drug-likeness (QED) is 0.789. The molecule has 1 fully saturated rings. The van der Waals surface area contributed by atoms with Crippen molar-refractivity contribution in [2.75, 3.05) is 19.7 Å². The van der Waals surface area contributed by atoms with Gasteiger partial charge < -0.3 is 20.1 Å². The van der Waals surface area contributed by atoms with Gasteiger partial charge in [0.15, 0.2) is 0 Å². The number of carbonyl (C=O) groups is 2. The molecular formula is C12H20F2N2O4. The second-order valence-electron chi connectivity index (χ2n) is 5.79. The molecule has 1 rings (SSSR count). The third kappa shape index (κ3) is 3.17. The Balaban J connectivity index is 2.65. The van der Waals surface area contributed by atoms with Crippen LogP contribution in [-0.4, -0.2) is 53.7 Å². The Kier molecular flexibility index (Phi) is 4.28. The van der Waals surface area contributed by atoms with E-state index in [4.69, 9.17) is 10.5 Å². The van der Waals surface area contributed by atoms with Crippen molar-refractivity contribution in [2.24, 2.45) is 5.73 Å². The Morgan fingerprint density at radius 3 is 2.20 bits per heavy atom. The predicted octanol–water partition coefficient (Wildman–Crippen LogP) is 1.13. The summed E-state index contributed by atoms with van der Waals surface area (Å²) in [5.74, 6) is -5.52. The van der Waals surface area contributed by atoms with Crippen LogP contribution in [0.15, 0.2) is 0 Å². The molecule has 0 aromatic heterocycles. The summed E-state index contributed by atoms with van der Waals surface area (Å²) >= 11 is 0. The molecule has 0 atom stereocenters. The lowest BCUT2D eigenvalue weighted by atomic mass is 9.84. The second-order valence-corrected chi connectivity index (χ2v) is 5.79. The highest BCUT2D eigenvalue weighted by Crippen LogP contribution is 2.36. The van der Waals surface area contributed by atoms with Crippen molar-refractivity contribution >= 4 is 12.1 Å². The predicted molar refractivity (Wildman–Crippen MR) is 66.3 cm³/mol. The Bertz CT molecular complexity index is 401. The summed E-state index contributed by atoms with van der Waals surface area (Å²) < 4.78 is 37.0. The van der Waals surface area contributed by atoms with Gasteiger partial charge in [-0.15, -0.1) is 0 Å². The molecule has 1 aliphatic heterocycles. The lowest BCUT2D eigenvalue weighted by Crippen LogP contribution is -2.78. The molecule has 0 unspecified atom stereocenters. The van der Waals surface area contributed by atoms with Crippen LogP contribution in [0.25, 0.3) is 0 Å². The van der Waals surface area contributed by atoms with E-state index in [0.29, 0.717) is 0 Å². The molecule has 20 heavy (non-hydrogen) atoms. The van der Waals surface area contributed by atoms with Crippen molar-refractivity contribution in [1.29, 1.82) is 0 Å². The van der Waals surface area contributed by atoms with Gasteiger partial charge in [0, 0.05) is 0 Å². The van der Waals surface area contributed by atoms with Crippen LogP contribution < -0.4 is 5.73 Å². The zero-order valence-electron chi connectivity index (χ0n) is 12.0. The van der Waals surface area contributed by atoms with Gasteiger partial charge >= 0.3 is 18.0 Å². The van der Waals surface area contributed by atoms with Crippen molar-refractivity contribution in [2.45, 2.75) is 44.8 Å². The number of halogens is 2. The fraction of sp³-hybridized carbons (Fsp3) is 0.833. The average molecular weight is 294 g/mol. The second kappa shape index (κ2) is 5.16. The van der Waals surface area contributed by atoms with Crippen molar-refractivity contribution < 1.29 is 27.8 Å². The lowest BCUT2D eigenvalue weighted by Gasteiger charge is -2.49. The molecular weight excluding hydrogens is 274 g/mol. The Morgan fingerprint density at radius 2 is 1.80 bits per heavy atom. The summed E-state index contributed by atoms with van der Waals surface area (Å²) in [5, 5.41) is 0. The monoisotopic (exact) mass is 294 g/mol. The zero-order valence-corrected chi connectivity index (χ0v) is 12.0. The molecule has 1 saturated heterocycles. The number of amides is 1. The van der Waals surface area contributed by atoms with Crippen LogP contribution >= 0.6 is 0 Å². The van der Waals surface area contributed by atoms with E-state index in [1.807, 2.05) is 0 Å². The molecule has 0 aliphatic carbocycles. The maximum absolute atomic E-state index is 13.8.